The van der Waals surface area contributed by atoms with Gasteiger partial charge in [-0.05, 0) is 24.5 Å². The molecule has 0 radical (unpaired) electrons. The Morgan fingerprint density at radius 1 is 1.33 bits per heavy atom. The Bertz CT molecular complexity index is 112. The summed E-state index contributed by atoms with van der Waals surface area (Å²) in [6.07, 6.45) is 8.75. The molecule has 0 aliphatic carbocycles. The number of hydrogen-bond donors (Lipinski definition) is 0. The van der Waals surface area contributed by atoms with Crippen molar-refractivity contribution in [2.45, 2.75) is 57.6 Å². The number of hydrogen-bond acceptors (Lipinski definition) is 1. The van der Waals surface area contributed by atoms with Crippen LogP contribution in [0.4, 0.5) is 0 Å². The Kier molecular flexibility index (Phi) is 5.13. The largest absolute Gasteiger partial charge is 0.159 e. The molecule has 1 saturated heterocycles. The molecular formula is C11H22S. The minimum absolute atomic E-state index is 0.936. The van der Waals surface area contributed by atoms with Crippen molar-refractivity contribution in [1.82, 2.24) is 0 Å². The van der Waals surface area contributed by atoms with Crippen molar-refractivity contribution < 1.29 is 0 Å². The monoisotopic (exact) mass is 186 g/mol. The maximum Gasteiger partial charge on any atom is 0.00213 e. The van der Waals surface area contributed by atoms with Crippen molar-refractivity contribution in [1.29, 1.82) is 0 Å². The van der Waals surface area contributed by atoms with E-state index in [1.807, 2.05) is 0 Å². The summed E-state index contributed by atoms with van der Waals surface area (Å²) in [6.45, 7) is 4.68. The molecule has 1 rings (SSSR count). The SMILES string of the molecule is CCCCC[C@@H]1CCS[C@H](C)C1. The molecule has 2 atom stereocenters. The van der Waals surface area contributed by atoms with Crippen LogP contribution in [-0.2, 0) is 0 Å². The first-order valence-corrected chi connectivity index (χ1v) is 6.49. The second kappa shape index (κ2) is 5.90. The summed E-state index contributed by atoms with van der Waals surface area (Å²) in [5.74, 6) is 2.48. The van der Waals surface area contributed by atoms with Gasteiger partial charge in [-0.15, -0.1) is 0 Å². The summed E-state index contributed by atoms with van der Waals surface area (Å²) in [7, 11) is 0. The van der Waals surface area contributed by atoms with Gasteiger partial charge in [-0.3, -0.25) is 0 Å². The lowest BCUT2D eigenvalue weighted by molar-refractivity contribution is 0.409. The molecule has 0 saturated carbocycles. The molecule has 1 fully saturated rings. The molecule has 0 nitrogen and oxygen atoms in total. The Hall–Kier alpha value is 0.350. The summed E-state index contributed by atoms with van der Waals surface area (Å²) in [5, 5.41) is 0.936. The third-order valence-electron chi connectivity index (χ3n) is 2.81. The minimum Gasteiger partial charge on any atom is -0.159 e. The first kappa shape index (κ1) is 10.4. The molecule has 0 aromatic heterocycles. The predicted octanol–water partition coefficient (Wildman–Crippen LogP) is 4.10. The lowest BCUT2D eigenvalue weighted by Crippen LogP contribution is -2.15. The maximum absolute atomic E-state index is 2.39. The van der Waals surface area contributed by atoms with Gasteiger partial charge in [0, 0.05) is 5.25 Å². The highest BCUT2D eigenvalue weighted by molar-refractivity contribution is 7.99. The van der Waals surface area contributed by atoms with Gasteiger partial charge in [-0.25, -0.2) is 0 Å². The fourth-order valence-corrected chi connectivity index (χ4v) is 3.32. The van der Waals surface area contributed by atoms with E-state index in [1.165, 1.54) is 44.3 Å². The van der Waals surface area contributed by atoms with E-state index in [1.54, 1.807) is 0 Å². The van der Waals surface area contributed by atoms with E-state index in [0.29, 0.717) is 0 Å². The molecule has 1 heteroatoms. The zero-order valence-corrected chi connectivity index (χ0v) is 9.33. The second-order valence-corrected chi connectivity index (χ2v) is 5.61. The van der Waals surface area contributed by atoms with Crippen molar-refractivity contribution in [3.8, 4) is 0 Å². The van der Waals surface area contributed by atoms with Gasteiger partial charge in [0.2, 0.25) is 0 Å². The summed E-state index contributed by atoms with van der Waals surface area (Å²) >= 11 is 2.16. The molecule has 0 spiro atoms. The van der Waals surface area contributed by atoms with E-state index in [-0.39, 0.29) is 0 Å². The maximum atomic E-state index is 2.39. The van der Waals surface area contributed by atoms with E-state index in [0.717, 1.165) is 11.2 Å². The van der Waals surface area contributed by atoms with Gasteiger partial charge < -0.3 is 0 Å². The van der Waals surface area contributed by atoms with Crippen molar-refractivity contribution in [3.05, 3.63) is 0 Å². The van der Waals surface area contributed by atoms with Crippen LogP contribution in [0.2, 0.25) is 0 Å². The van der Waals surface area contributed by atoms with E-state index in [9.17, 15) is 0 Å². The van der Waals surface area contributed by atoms with Crippen LogP contribution in [0.15, 0.2) is 0 Å². The zero-order valence-electron chi connectivity index (χ0n) is 8.51. The van der Waals surface area contributed by atoms with Gasteiger partial charge in [-0.2, -0.15) is 11.8 Å². The number of rotatable bonds is 4. The Morgan fingerprint density at radius 2 is 2.17 bits per heavy atom. The van der Waals surface area contributed by atoms with Crippen LogP contribution in [0.1, 0.15) is 52.4 Å². The van der Waals surface area contributed by atoms with Gasteiger partial charge in [0.25, 0.3) is 0 Å². The minimum atomic E-state index is 0.936. The van der Waals surface area contributed by atoms with Crippen LogP contribution in [0.3, 0.4) is 0 Å². The molecule has 12 heavy (non-hydrogen) atoms. The fourth-order valence-electron chi connectivity index (χ4n) is 2.04. The van der Waals surface area contributed by atoms with Gasteiger partial charge >= 0.3 is 0 Å². The van der Waals surface area contributed by atoms with Crippen LogP contribution >= 0.6 is 11.8 Å². The van der Waals surface area contributed by atoms with E-state index in [2.05, 4.69) is 25.6 Å². The first-order valence-electron chi connectivity index (χ1n) is 5.44. The molecule has 0 bridgehead atoms. The average molecular weight is 186 g/mol. The predicted molar refractivity (Wildman–Crippen MR) is 58.8 cm³/mol. The fraction of sp³-hybridized carbons (Fsp3) is 1.00. The van der Waals surface area contributed by atoms with Gasteiger partial charge in [-0.1, -0.05) is 39.5 Å². The molecule has 1 heterocycles. The number of thioether (sulfide) groups is 1. The van der Waals surface area contributed by atoms with Crippen LogP contribution in [0.25, 0.3) is 0 Å². The second-order valence-electron chi connectivity index (χ2n) is 4.07. The zero-order chi connectivity index (χ0) is 8.81. The normalized spacial score (nSPS) is 30.5. The third kappa shape index (κ3) is 3.84. The van der Waals surface area contributed by atoms with Crippen LogP contribution < -0.4 is 0 Å². The Labute approximate surface area is 81.5 Å². The van der Waals surface area contributed by atoms with Crippen LogP contribution in [-0.4, -0.2) is 11.0 Å². The third-order valence-corrected chi connectivity index (χ3v) is 4.04. The van der Waals surface area contributed by atoms with E-state index >= 15 is 0 Å². The molecule has 0 amide bonds. The standard InChI is InChI=1S/C11H22S/c1-3-4-5-6-11-7-8-12-10(2)9-11/h10-11H,3-9H2,1-2H3/t10-,11-/m1/s1. The van der Waals surface area contributed by atoms with Gasteiger partial charge in [0.15, 0.2) is 0 Å². The van der Waals surface area contributed by atoms with Crippen molar-refractivity contribution in [2.75, 3.05) is 5.75 Å². The van der Waals surface area contributed by atoms with Crippen LogP contribution in [0.5, 0.6) is 0 Å². The highest BCUT2D eigenvalue weighted by atomic mass is 32.2. The summed E-state index contributed by atoms with van der Waals surface area (Å²) in [4.78, 5) is 0. The van der Waals surface area contributed by atoms with Gasteiger partial charge in [0.1, 0.15) is 0 Å². The van der Waals surface area contributed by atoms with Gasteiger partial charge in [0.05, 0.1) is 0 Å². The van der Waals surface area contributed by atoms with E-state index in [4.69, 9.17) is 0 Å². The van der Waals surface area contributed by atoms with Crippen molar-refractivity contribution in [3.63, 3.8) is 0 Å². The highest BCUT2D eigenvalue weighted by Gasteiger charge is 2.18. The van der Waals surface area contributed by atoms with Crippen molar-refractivity contribution in [2.24, 2.45) is 5.92 Å². The molecule has 72 valence electrons. The molecular weight excluding hydrogens is 164 g/mol. The number of unbranched alkanes of at least 4 members (excludes halogenated alkanes) is 2. The molecule has 1 aliphatic heterocycles. The first-order chi connectivity index (χ1) is 5.83. The van der Waals surface area contributed by atoms with Crippen LogP contribution in [0, 0.1) is 5.92 Å². The topological polar surface area (TPSA) is 0 Å². The molecule has 0 N–H and O–H groups in total. The molecule has 0 aromatic carbocycles. The smallest absolute Gasteiger partial charge is 0.00213 e. The molecule has 0 unspecified atom stereocenters. The lowest BCUT2D eigenvalue weighted by atomic mass is 9.93. The Morgan fingerprint density at radius 3 is 2.83 bits per heavy atom. The molecule has 0 aromatic rings. The highest BCUT2D eigenvalue weighted by Crippen LogP contribution is 2.32. The average Bonchev–Trinajstić information content (AvgIpc) is 2.05. The summed E-state index contributed by atoms with van der Waals surface area (Å²) < 4.78 is 0. The quantitative estimate of drug-likeness (QED) is 0.596. The van der Waals surface area contributed by atoms with E-state index < -0.39 is 0 Å². The Balaban J connectivity index is 2.06. The summed E-state index contributed by atoms with van der Waals surface area (Å²) in [5.41, 5.74) is 0. The lowest BCUT2D eigenvalue weighted by Gasteiger charge is -2.26. The molecule has 1 aliphatic rings. The summed E-state index contributed by atoms with van der Waals surface area (Å²) in [6, 6.07) is 0. The van der Waals surface area contributed by atoms with Crippen molar-refractivity contribution >= 4 is 11.8 Å².